The maximum absolute atomic E-state index is 14.7. The summed E-state index contributed by atoms with van der Waals surface area (Å²) in [5.41, 5.74) is 7.63. The second-order valence-electron chi connectivity index (χ2n) is 13.7. The number of ketones is 1. The Morgan fingerprint density at radius 3 is 1.83 bits per heavy atom. The van der Waals surface area contributed by atoms with Crippen LogP contribution in [-0.4, -0.2) is 30.8 Å². The first-order chi connectivity index (χ1) is 23.4. The Hall–Kier alpha value is -4.04. The van der Waals surface area contributed by atoms with Crippen molar-refractivity contribution in [2.45, 2.75) is 104 Å². The molecule has 3 aromatic carbocycles. The number of hydrogen-bond donors (Lipinski definition) is 2. The molecule has 0 unspecified atom stereocenters. The Kier molecular flexibility index (Phi) is 14.2. The van der Waals surface area contributed by atoms with Crippen LogP contribution in [0.5, 0.6) is 0 Å². The first kappa shape index (κ1) is 36.8. The monoisotopic (exact) mass is 649 g/mol. The Bertz CT molecular complexity index is 1500. The number of allylic oxidation sites excluding steroid dienone is 1. The standard InChI is InChI=1S/C19H20FNO.C18H26N2.C4H8.C2H2/c1-12-16(19(22)14-4-3-5-14)10-11-17(18(12)20)13-6-8-15(21-2)9-7-13;1-14(2)15-8-10-17(11-9-15)19-18(16-6-5-7-16)20-12-3-4-13-20;1-2-4-3-1;1-2/h6-11,14,21H,3-5H2,1-2H3;8-11,14,19H,3-7,12-13H2,1-2H3;1-4H2;1-2H. The zero-order valence-electron chi connectivity index (χ0n) is 29.7. The van der Waals surface area contributed by atoms with Crippen LogP contribution in [0, 0.1) is 31.5 Å². The van der Waals surface area contributed by atoms with Gasteiger partial charge in [0.05, 0.1) is 0 Å². The summed E-state index contributed by atoms with van der Waals surface area (Å²) in [4.78, 5) is 14.9. The maximum atomic E-state index is 14.7. The summed E-state index contributed by atoms with van der Waals surface area (Å²) in [6.45, 7) is 8.63. The summed E-state index contributed by atoms with van der Waals surface area (Å²) < 4.78 is 14.7. The average molecular weight is 650 g/mol. The second kappa shape index (κ2) is 18.5. The lowest BCUT2D eigenvalue weighted by atomic mass is 9.79. The number of Topliss-reactive ketones (excluding diaryl/α,β-unsaturated/α-hetero) is 1. The summed E-state index contributed by atoms with van der Waals surface area (Å²) in [5, 5.41) is 6.74. The Morgan fingerprint density at radius 1 is 0.792 bits per heavy atom. The lowest BCUT2D eigenvalue weighted by Gasteiger charge is -2.30. The molecule has 2 N–H and O–H groups in total. The average Bonchev–Trinajstić information content (AvgIpc) is 3.56. The van der Waals surface area contributed by atoms with Crippen molar-refractivity contribution in [2.75, 3.05) is 30.8 Å². The number of hydrogen-bond acceptors (Lipinski definition) is 4. The van der Waals surface area contributed by atoms with E-state index in [1.54, 1.807) is 24.6 Å². The van der Waals surface area contributed by atoms with Gasteiger partial charge in [-0.15, -0.1) is 12.8 Å². The van der Waals surface area contributed by atoms with Crippen LogP contribution in [0.1, 0.15) is 118 Å². The third-order valence-corrected chi connectivity index (χ3v) is 10.2. The fourth-order valence-corrected chi connectivity index (χ4v) is 6.14. The van der Waals surface area contributed by atoms with E-state index in [-0.39, 0.29) is 17.5 Å². The van der Waals surface area contributed by atoms with Crippen molar-refractivity contribution in [1.82, 2.24) is 4.90 Å². The van der Waals surface area contributed by atoms with Crippen molar-refractivity contribution >= 4 is 17.2 Å². The van der Waals surface area contributed by atoms with Crippen LogP contribution in [0.25, 0.3) is 11.1 Å². The largest absolute Gasteiger partial charge is 0.388 e. The molecule has 1 aliphatic heterocycles. The van der Waals surface area contributed by atoms with Gasteiger partial charge in [-0.2, -0.15) is 0 Å². The number of halogens is 1. The van der Waals surface area contributed by atoms with Crippen LogP contribution < -0.4 is 10.6 Å². The molecule has 1 heterocycles. The van der Waals surface area contributed by atoms with Gasteiger partial charge >= 0.3 is 0 Å². The quantitative estimate of drug-likeness (QED) is 0.188. The normalized spacial score (nSPS) is 16.3. The van der Waals surface area contributed by atoms with Crippen LogP contribution in [0.3, 0.4) is 0 Å². The molecule has 0 atom stereocenters. The van der Waals surface area contributed by atoms with Gasteiger partial charge < -0.3 is 15.5 Å². The molecular weight excluding hydrogens is 593 g/mol. The van der Waals surface area contributed by atoms with Gasteiger partial charge in [0, 0.05) is 48.6 Å². The lowest BCUT2D eigenvalue weighted by Crippen LogP contribution is -2.27. The smallest absolute Gasteiger partial charge is 0.166 e. The minimum absolute atomic E-state index is 0.0962. The molecule has 0 spiro atoms. The molecule has 4 fully saturated rings. The summed E-state index contributed by atoms with van der Waals surface area (Å²) >= 11 is 0. The first-order valence-electron chi connectivity index (χ1n) is 18.1. The third kappa shape index (κ3) is 9.53. The predicted octanol–water partition coefficient (Wildman–Crippen LogP) is 11.3. The molecule has 3 aliphatic carbocycles. The van der Waals surface area contributed by atoms with Gasteiger partial charge in [0.25, 0.3) is 0 Å². The van der Waals surface area contributed by atoms with Gasteiger partial charge in [-0.1, -0.05) is 82.3 Å². The summed E-state index contributed by atoms with van der Waals surface area (Å²) in [6, 6.07) is 20.1. The number of carbonyl (C=O) groups is 1. The second-order valence-corrected chi connectivity index (χ2v) is 13.7. The van der Waals surface area contributed by atoms with Gasteiger partial charge in [-0.3, -0.25) is 4.79 Å². The van der Waals surface area contributed by atoms with Crippen LogP contribution in [0.15, 0.2) is 72.1 Å². The van der Waals surface area contributed by atoms with Gasteiger partial charge in [0.15, 0.2) is 5.78 Å². The highest BCUT2D eigenvalue weighted by molar-refractivity contribution is 6.00. The zero-order valence-corrected chi connectivity index (χ0v) is 29.7. The minimum Gasteiger partial charge on any atom is -0.388 e. The molecule has 7 rings (SSSR count). The number of nitrogens with one attached hydrogen (secondary N) is 2. The summed E-state index contributed by atoms with van der Waals surface area (Å²) in [7, 11) is 1.85. The van der Waals surface area contributed by atoms with Crippen LogP contribution in [0.4, 0.5) is 15.8 Å². The van der Waals surface area contributed by atoms with E-state index >= 15 is 0 Å². The number of anilines is 2. The highest BCUT2D eigenvalue weighted by Gasteiger charge is 2.28. The molecule has 256 valence electrons. The molecule has 0 bridgehead atoms. The van der Waals surface area contributed by atoms with E-state index < -0.39 is 0 Å². The molecule has 48 heavy (non-hydrogen) atoms. The summed E-state index contributed by atoms with van der Waals surface area (Å²) in [5.74, 6) is 1.92. The summed E-state index contributed by atoms with van der Waals surface area (Å²) in [6.07, 6.45) is 23.6. The Morgan fingerprint density at radius 2 is 1.38 bits per heavy atom. The van der Waals surface area contributed by atoms with E-state index in [2.05, 4.69) is 66.5 Å². The van der Waals surface area contributed by atoms with E-state index in [1.165, 1.54) is 87.9 Å². The molecule has 1 saturated heterocycles. The Balaban J connectivity index is 0.000000186. The first-order valence-corrected chi connectivity index (χ1v) is 18.1. The molecule has 5 heteroatoms. The molecule has 3 aromatic rings. The van der Waals surface area contributed by atoms with Crippen molar-refractivity contribution in [1.29, 1.82) is 0 Å². The van der Waals surface area contributed by atoms with E-state index in [4.69, 9.17) is 0 Å². The predicted molar refractivity (Wildman–Crippen MR) is 202 cm³/mol. The zero-order chi connectivity index (χ0) is 34.5. The molecule has 4 nitrogen and oxygen atoms in total. The van der Waals surface area contributed by atoms with Crippen molar-refractivity contribution in [3.8, 4) is 24.0 Å². The van der Waals surface area contributed by atoms with Crippen molar-refractivity contribution < 1.29 is 9.18 Å². The molecular formula is C43H56FN3O. The maximum Gasteiger partial charge on any atom is 0.166 e. The van der Waals surface area contributed by atoms with Crippen molar-refractivity contribution in [2.24, 2.45) is 5.92 Å². The van der Waals surface area contributed by atoms with Gasteiger partial charge in [0.2, 0.25) is 0 Å². The minimum atomic E-state index is -0.289. The fraction of sp³-hybridized carbons (Fsp3) is 0.465. The third-order valence-electron chi connectivity index (χ3n) is 10.2. The van der Waals surface area contributed by atoms with Crippen LogP contribution in [0.2, 0.25) is 0 Å². The van der Waals surface area contributed by atoms with Crippen molar-refractivity contribution in [3.05, 3.63) is 94.6 Å². The van der Waals surface area contributed by atoms with Crippen LogP contribution >= 0.6 is 0 Å². The van der Waals surface area contributed by atoms with Crippen LogP contribution in [-0.2, 0) is 0 Å². The van der Waals surface area contributed by atoms with Gasteiger partial charge in [-0.25, -0.2) is 4.39 Å². The molecule has 0 aromatic heterocycles. The van der Waals surface area contributed by atoms with E-state index in [9.17, 15) is 9.18 Å². The van der Waals surface area contributed by atoms with E-state index in [0.717, 1.165) is 30.5 Å². The number of rotatable bonds is 8. The molecule has 3 saturated carbocycles. The topological polar surface area (TPSA) is 44.4 Å². The lowest BCUT2D eigenvalue weighted by molar-refractivity contribution is 0.0854. The number of benzene rings is 3. The number of likely N-dealkylation sites (tertiary alicyclic amines) is 1. The number of nitrogens with zero attached hydrogens (tertiary/aromatic N) is 1. The number of terminal acetylenes is 1. The van der Waals surface area contributed by atoms with E-state index in [0.29, 0.717) is 22.6 Å². The SMILES string of the molecule is C#C.C1CCC1.CC(C)c1ccc(NC(=C2CCC2)N2CCCC2)cc1.CNc1ccc(-c2ccc(C(=O)C3CCC3)c(C)c2F)cc1. The molecule has 0 radical (unpaired) electrons. The number of carbonyl (C=O) groups excluding carboxylic acids is 1. The van der Waals surface area contributed by atoms with Gasteiger partial charge in [0.1, 0.15) is 11.6 Å². The fourth-order valence-electron chi connectivity index (χ4n) is 6.14. The molecule has 0 amide bonds. The van der Waals surface area contributed by atoms with Crippen molar-refractivity contribution in [3.63, 3.8) is 0 Å². The highest BCUT2D eigenvalue weighted by atomic mass is 19.1. The highest BCUT2D eigenvalue weighted by Crippen LogP contribution is 2.34. The van der Waals surface area contributed by atoms with Gasteiger partial charge in [-0.05, 0) is 104 Å². The Labute approximate surface area is 289 Å². The van der Waals surface area contributed by atoms with E-state index in [1.807, 2.05) is 31.3 Å². The molecule has 4 aliphatic rings.